The van der Waals surface area contributed by atoms with Gasteiger partial charge in [0.1, 0.15) is 6.61 Å². The van der Waals surface area contributed by atoms with E-state index in [1.165, 1.54) is 0 Å². The second-order valence-electron chi connectivity index (χ2n) is 5.57. The van der Waals surface area contributed by atoms with E-state index in [0.717, 1.165) is 22.5 Å². The van der Waals surface area contributed by atoms with E-state index in [-0.39, 0.29) is 10.8 Å². The van der Waals surface area contributed by atoms with Crippen LogP contribution in [-0.4, -0.2) is 24.3 Å². The molecule has 1 aromatic heterocycles. The number of aromatic amines is 1. The number of hydrogen-bond donors (Lipinski definition) is 2. The maximum atomic E-state index is 11.4. The van der Waals surface area contributed by atoms with Crippen LogP contribution in [0.2, 0.25) is 0 Å². The lowest BCUT2D eigenvalue weighted by Gasteiger charge is -2.16. The highest BCUT2D eigenvalue weighted by atomic mass is 32.1. The van der Waals surface area contributed by atoms with Gasteiger partial charge in [-0.3, -0.25) is 9.78 Å². The quantitative estimate of drug-likeness (QED) is 0.664. The first-order chi connectivity index (χ1) is 12.6. The molecule has 7 heteroatoms. The second kappa shape index (κ2) is 7.97. The van der Waals surface area contributed by atoms with Gasteiger partial charge in [-0.15, -0.1) is 0 Å². The smallest absolute Gasteiger partial charge is 0.307 e. The summed E-state index contributed by atoms with van der Waals surface area (Å²) < 4.78 is 16.8. The molecule has 2 aromatic carbocycles. The van der Waals surface area contributed by atoms with Crippen molar-refractivity contribution in [3.05, 3.63) is 68.1 Å². The molecule has 0 atom stereocenters. The molecule has 3 rings (SSSR count). The van der Waals surface area contributed by atoms with Gasteiger partial charge in [-0.05, 0) is 23.3 Å². The largest absolute Gasteiger partial charge is 0.494 e. The second-order valence-corrected chi connectivity index (χ2v) is 6.63. The third kappa shape index (κ3) is 4.00. The first-order valence-corrected chi connectivity index (χ1v) is 8.75. The zero-order valence-electron chi connectivity index (χ0n) is 14.4. The normalized spacial score (nSPS) is 10.5. The van der Waals surface area contributed by atoms with Gasteiger partial charge in [0.2, 0.25) is 11.6 Å². The number of aromatic nitrogens is 1. The summed E-state index contributed by atoms with van der Waals surface area (Å²) in [4.78, 5) is 14.0. The molecule has 0 saturated carbocycles. The van der Waals surface area contributed by atoms with E-state index < -0.39 is 0 Å². The average molecular weight is 373 g/mol. The fourth-order valence-electron chi connectivity index (χ4n) is 2.57. The summed E-state index contributed by atoms with van der Waals surface area (Å²) >= 11 is 0.974. The molecule has 0 radical (unpaired) electrons. The molecule has 2 N–H and O–H groups in total. The van der Waals surface area contributed by atoms with Crippen molar-refractivity contribution < 1.29 is 19.3 Å². The number of hydrogen-bond acceptors (Lipinski definition) is 6. The lowest BCUT2D eigenvalue weighted by atomic mass is 10.1. The van der Waals surface area contributed by atoms with Crippen LogP contribution >= 0.6 is 11.3 Å². The summed E-state index contributed by atoms with van der Waals surface area (Å²) in [6.45, 7) is 0.382. The molecule has 136 valence electrons. The van der Waals surface area contributed by atoms with Crippen LogP contribution in [0, 0.1) is 0 Å². The van der Waals surface area contributed by atoms with Gasteiger partial charge < -0.3 is 19.3 Å². The highest BCUT2D eigenvalue weighted by Gasteiger charge is 2.16. The molecule has 0 aliphatic carbocycles. The average Bonchev–Trinajstić information content (AvgIpc) is 2.97. The van der Waals surface area contributed by atoms with Crippen LogP contribution in [-0.2, 0) is 13.0 Å². The van der Waals surface area contributed by atoms with E-state index in [2.05, 4.69) is 4.98 Å². The van der Waals surface area contributed by atoms with Crippen molar-refractivity contribution in [1.82, 2.24) is 4.98 Å². The van der Waals surface area contributed by atoms with Crippen molar-refractivity contribution in [3.8, 4) is 23.1 Å². The predicted octanol–water partition coefficient (Wildman–Crippen LogP) is 3.33. The van der Waals surface area contributed by atoms with Crippen molar-refractivity contribution in [2.75, 3.05) is 14.2 Å². The van der Waals surface area contributed by atoms with E-state index in [4.69, 9.17) is 14.2 Å². The lowest BCUT2D eigenvalue weighted by molar-refractivity contribution is 0.265. The molecule has 0 aliphatic rings. The number of ether oxygens (including phenoxy) is 3. The Morgan fingerprint density at radius 2 is 1.69 bits per heavy atom. The Hall–Kier alpha value is -2.93. The van der Waals surface area contributed by atoms with Crippen molar-refractivity contribution in [2.45, 2.75) is 13.0 Å². The van der Waals surface area contributed by atoms with Crippen LogP contribution in [0.25, 0.3) is 0 Å². The Morgan fingerprint density at radius 3 is 2.23 bits per heavy atom. The van der Waals surface area contributed by atoms with E-state index >= 15 is 0 Å². The number of rotatable bonds is 7. The van der Waals surface area contributed by atoms with E-state index in [9.17, 15) is 9.90 Å². The summed E-state index contributed by atoms with van der Waals surface area (Å²) in [6.07, 6.45) is 0.376. The Balaban J connectivity index is 1.87. The van der Waals surface area contributed by atoms with Crippen LogP contribution in [0.3, 0.4) is 0 Å². The summed E-state index contributed by atoms with van der Waals surface area (Å²) in [7, 11) is 3.11. The summed E-state index contributed by atoms with van der Waals surface area (Å²) in [5.41, 5.74) is 1.86. The van der Waals surface area contributed by atoms with Crippen LogP contribution in [0.1, 0.15) is 16.0 Å². The van der Waals surface area contributed by atoms with E-state index in [1.54, 1.807) is 14.2 Å². The molecule has 0 unspecified atom stereocenters. The molecule has 0 aliphatic heterocycles. The Morgan fingerprint density at radius 1 is 1.04 bits per heavy atom. The zero-order valence-corrected chi connectivity index (χ0v) is 15.3. The highest BCUT2D eigenvalue weighted by molar-refractivity contribution is 7.09. The fraction of sp³-hybridized carbons (Fsp3) is 0.211. The topological polar surface area (TPSA) is 80.8 Å². The standard InChI is InChI=1S/C19H19NO5S/c1-23-14-8-13(10-16-18(21)20-19(22)26-16)9-15(24-2)17(14)25-11-12-6-4-3-5-7-12/h3-9,21H,10-11H2,1-2H3,(H,20,22). The predicted molar refractivity (Wildman–Crippen MR) is 99.7 cm³/mol. The minimum absolute atomic E-state index is 0.109. The van der Waals surface area contributed by atoms with Crippen LogP contribution in [0.15, 0.2) is 47.3 Å². The zero-order chi connectivity index (χ0) is 18.5. The van der Waals surface area contributed by atoms with Crippen LogP contribution < -0.4 is 19.1 Å². The van der Waals surface area contributed by atoms with Gasteiger partial charge in [0.05, 0.1) is 19.1 Å². The molecule has 3 aromatic rings. The van der Waals surface area contributed by atoms with Crippen LogP contribution in [0.5, 0.6) is 23.1 Å². The Labute approximate surface area is 154 Å². The third-order valence-electron chi connectivity index (χ3n) is 3.81. The van der Waals surface area contributed by atoms with Crippen LogP contribution in [0.4, 0.5) is 0 Å². The van der Waals surface area contributed by atoms with Gasteiger partial charge in [-0.2, -0.15) is 0 Å². The molecule has 26 heavy (non-hydrogen) atoms. The summed E-state index contributed by atoms with van der Waals surface area (Å²) in [5.74, 6) is 1.45. The van der Waals surface area contributed by atoms with Gasteiger partial charge in [0.25, 0.3) is 0 Å². The maximum Gasteiger partial charge on any atom is 0.307 e. The monoisotopic (exact) mass is 373 g/mol. The van der Waals surface area contributed by atoms with E-state index in [0.29, 0.717) is 35.2 Å². The number of nitrogens with one attached hydrogen (secondary N) is 1. The first kappa shape index (κ1) is 17.9. The van der Waals surface area contributed by atoms with Gasteiger partial charge in [-0.1, -0.05) is 41.7 Å². The molecule has 0 saturated heterocycles. The van der Waals surface area contributed by atoms with Gasteiger partial charge in [0, 0.05) is 6.42 Å². The molecule has 6 nitrogen and oxygen atoms in total. The van der Waals surface area contributed by atoms with Gasteiger partial charge >= 0.3 is 4.87 Å². The number of H-pyrrole nitrogens is 1. The highest BCUT2D eigenvalue weighted by Crippen LogP contribution is 2.40. The molecular formula is C19H19NO5S. The van der Waals surface area contributed by atoms with Crippen molar-refractivity contribution in [3.63, 3.8) is 0 Å². The SMILES string of the molecule is COc1cc(Cc2sc(=O)[nH]c2O)cc(OC)c1OCc1ccccc1. The minimum Gasteiger partial charge on any atom is -0.494 e. The molecular weight excluding hydrogens is 354 g/mol. The fourth-order valence-corrected chi connectivity index (χ4v) is 3.32. The van der Waals surface area contributed by atoms with Gasteiger partial charge in [-0.25, -0.2) is 0 Å². The Kier molecular flexibility index (Phi) is 5.48. The number of methoxy groups -OCH3 is 2. The maximum absolute atomic E-state index is 11.4. The Bertz CT molecular complexity index is 908. The molecule has 0 bridgehead atoms. The van der Waals surface area contributed by atoms with Crippen molar-refractivity contribution in [2.24, 2.45) is 0 Å². The van der Waals surface area contributed by atoms with E-state index in [1.807, 2.05) is 42.5 Å². The lowest BCUT2D eigenvalue weighted by Crippen LogP contribution is -2.01. The summed E-state index contributed by atoms with van der Waals surface area (Å²) in [5, 5.41) is 9.78. The van der Waals surface area contributed by atoms with Crippen molar-refractivity contribution >= 4 is 11.3 Å². The molecule has 0 spiro atoms. The minimum atomic E-state index is -0.292. The molecule has 0 fully saturated rings. The first-order valence-electron chi connectivity index (χ1n) is 7.93. The number of benzene rings is 2. The number of thiazole rings is 1. The third-order valence-corrected chi connectivity index (χ3v) is 4.68. The molecule has 0 amide bonds. The summed E-state index contributed by atoms with van der Waals surface area (Å²) in [6, 6.07) is 13.4. The number of aromatic hydroxyl groups is 1. The van der Waals surface area contributed by atoms with Crippen molar-refractivity contribution in [1.29, 1.82) is 0 Å². The van der Waals surface area contributed by atoms with Gasteiger partial charge in [0.15, 0.2) is 11.5 Å². The molecule has 1 heterocycles.